The van der Waals surface area contributed by atoms with E-state index in [0.29, 0.717) is 24.4 Å². The molecule has 0 aromatic carbocycles. The Labute approximate surface area is 133 Å². The molecule has 0 bridgehead atoms. The van der Waals surface area contributed by atoms with E-state index in [4.69, 9.17) is 0 Å². The van der Waals surface area contributed by atoms with Gasteiger partial charge in [0.1, 0.15) is 0 Å². The molecule has 2 fully saturated rings. The fourth-order valence-corrected chi connectivity index (χ4v) is 4.13. The number of carbonyl (C=O) groups is 1. The van der Waals surface area contributed by atoms with Gasteiger partial charge in [0.05, 0.1) is 0 Å². The standard InChI is InChI=1S/C18H27N3O/c1-2-20-13-3-5-16(20)17-6-4-14-21(17)18(22)8-7-15-9-11-19-12-10-15/h9-12,16-17H,2-8,13-14H2,1H3/t16-,17-/m1/s1. The summed E-state index contributed by atoms with van der Waals surface area (Å²) in [5.74, 6) is 0.335. The van der Waals surface area contributed by atoms with Crippen molar-refractivity contribution in [2.45, 2.75) is 57.5 Å². The first-order chi connectivity index (χ1) is 10.8. The van der Waals surface area contributed by atoms with Crippen molar-refractivity contribution < 1.29 is 4.79 Å². The van der Waals surface area contributed by atoms with Crippen LogP contribution in [0.2, 0.25) is 0 Å². The average Bonchev–Trinajstić information content (AvgIpc) is 3.21. The minimum Gasteiger partial charge on any atom is -0.338 e. The second kappa shape index (κ2) is 7.23. The highest BCUT2D eigenvalue weighted by molar-refractivity contribution is 5.77. The smallest absolute Gasteiger partial charge is 0.223 e. The summed E-state index contributed by atoms with van der Waals surface area (Å²) in [6.07, 6.45) is 9.95. The molecule has 3 heterocycles. The molecule has 0 unspecified atom stereocenters. The third-order valence-electron chi connectivity index (χ3n) is 5.26. The summed E-state index contributed by atoms with van der Waals surface area (Å²) in [6, 6.07) is 5.06. The van der Waals surface area contributed by atoms with Crippen LogP contribution in [0.3, 0.4) is 0 Å². The average molecular weight is 301 g/mol. The van der Waals surface area contributed by atoms with Crippen LogP contribution in [0.4, 0.5) is 0 Å². The van der Waals surface area contributed by atoms with Crippen molar-refractivity contribution in [3.63, 3.8) is 0 Å². The number of aromatic nitrogens is 1. The lowest BCUT2D eigenvalue weighted by molar-refractivity contribution is -0.133. The van der Waals surface area contributed by atoms with Gasteiger partial charge < -0.3 is 4.90 Å². The Kier molecular flexibility index (Phi) is 5.08. The van der Waals surface area contributed by atoms with Crippen LogP contribution in [0.15, 0.2) is 24.5 Å². The summed E-state index contributed by atoms with van der Waals surface area (Å²) in [5.41, 5.74) is 1.20. The number of nitrogens with zero attached hydrogens (tertiary/aromatic N) is 3. The Bertz CT molecular complexity index is 490. The molecule has 3 rings (SSSR count). The molecular weight excluding hydrogens is 274 g/mol. The summed E-state index contributed by atoms with van der Waals surface area (Å²) in [7, 11) is 0. The van der Waals surface area contributed by atoms with Crippen LogP contribution in [0, 0.1) is 0 Å². The molecule has 2 saturated heterocycles. The monoisotopic (exact) mass is 301 g/mol. The Morgan fingerprint density at radius 1 is 1.18 bits per heavy atom. The van der Waals surface area contributed by atoms with Crippen LogP contribution in [0.1, 0.15) is 44.6 Å². The molecule has 0 N–H and O–H groups in total. The predicted molar refractivity (Wildman–Crippen MR) is 87.6 cm³/mol. The van der Waals surface area contributed by atoms with Gasteiger partial charge in [-0.2, -0.15) is 0 Å². The molecular formula is C18H27N3O. The molecule has 22 heavy (non-hydrogen) atoms. The number of likely N-dealkylation sites (tertiary alicyclic amines) is 2. The highest BCUT2D eigenvalue weighted by Crippen LogP contribution is 2.30. The van der Waals surface area contributed by atoms with E-state index in [0.717, 1.165) is 19.5 Å². The minimum atomic E-state index is 0.335. The molecule has 2 aliphatic rings. The molecule has 0 aliphatic carbocycles. The van der Waals surface area contributed by atoms with Gasteiger partial charge in [-0.3, -0.25) is 14.7 Å². The molecule has 1 amide bonds. The fraction of sp³-hybridized carbons (Fsp3) is 0.667. The van der Waals surface area contributed by atoms with Gasteiger partial charge in [-0.15, -0.1) is 0 Å². The topological polar surface area (TPSA) is 36.4 Å². The maximum absolute atomic E-state index is 12.7. The van der Waals surface area contributed by atoms with Gasteiger partial charge in [0.15, 0.2) is 0 Å². The SMILES string of the molecule is CCN1CCC[C@@H]1[C@H]1CCCN1C(=O)CCc1ccncc1. The molecule has 4 heteroatoms. The van der Waals surface area contributed by atoms with Gasteiger partial charge in [-0.25, -0.2) is 0 Å². The van der Waals surface area contributed by atoms with Crippen LogP contribution in [0.5, 0.6) is 0 Å². The van der Waals surface area contributed by atoms with Crippen LogP contribution >= 0.6 is 0 Å². The second-order valence-corrected chi connectivity index (χ2v) is 6.49. The molecule has 2 aliphatic heterocycles. The van der Waals surface area contributed by atoms with Crippen molar-refractivity contribution in [2.75, 3.05) is 19.6 Å². The number of carbonyl (C=O) groups excluding carboxylic acids is 1. The second-order valence-electron chi connectivity index (χ2n) is 6.49. The van der Waals surface area contributed by atoms with Gasteiger partial charge in [0.2, 0.25) is 5.91 Å². The summed E-state index contributed by atoms with van der Waals surface area (Å²) < 4.78 is 0. The van der Waals surface area contributed by atoms with Crippen molar-refractivity contribution in [2.24, 2.45) is 0 Å². The quantitative estimate of drug-likeness (QED) is 0.838. The number of likely N-dealkylation sites (N-methyl/N-ethyl adjacent to an activating group) is 1. The summed E-state index contributed by atoms with van der Waals surface area (Å²) in [4.78, 5) is 21.5. The lowest BCUT2D eigenvalue weighted by Gasteiger charge is -2.34. The van der Waals surface area contributed by atoms with E-state index in [-0.39, 0.29) is 0 Å². The fourth-order valence-electron chi connectivity index (χ4n) is 4.13. The zero-order valence-corrected chi connectivity index (χ0v) is 13.6. The number of aryl methyl sites for hydroxylation is 1. The van der Waals surface area contributed by atoms with Crippen molar-refractivity contribution in [3.05, 3.63) is 30.1 Å². The number of amides is 1. The van der Waals surface area contributed by atoms with Crippen molar-refractivity contribution >= 4 is 5.91 Å². The number of hydrogen-bond donors (Lipinski definition) is 0. The van der Waals surface area contributed by atoms with Crippen LogP contribution in [-0.2, 0) is 11.2 Å². The van der Waals surface area contributed by atoms with E-state index in [1.807, 2.05) is 12.1 Å². The van der Waals surface area contributed by atoms with E-state index < -0.39 is 0 Å². The first-order valence-corrected chi connectivity index (χ1v) is 8.72. The lowest BCUT2D eigenvalue weighted by atomic mass is 10.0. The number of pyridine rings is 1. The number of rotatable bonds is 5. The molecule has 0 radical (unpaired) electrons. The third kappa shape index (κ3) is 3.32. The molecule has 120 valence electrons. The summed E-state index contributed by atoms with van der Waals surface area (Å²) >= 11 is 0. The zero-order chi connectivity index (χ0) is 15.4. The van der Waals surface area contributed by atoms with E-state index in [9.17, 15) is 4.79 Å². The number of hydrogen-bond acceptors (Lipinski definition) is 3. The van der Waals surface area contributed by atoms with Gasteiger partial charge in [-0.1, -0.05) is 6.92 Å². The largest absolute Gasteiger partial charge is 0.338 e. The molecule has 1 aromatic rings. The molecule has 1 aromatic heterocycles. The maximum atomic E-state index is 12.7. The first-order valence-electron chi connectivity index (χ1n) is 8.72. The predicted octanol–water partition coefficient (Wildman–Crippen LogP) is 2.49. The third-order valence-corrected chi connectivity index (χ3v) is 5.26. The summed E-state index contributed by atoms with van der Waals surface area (Å²) in [5, 5.41) is 0. The van der Waals surface area contributed by atoms with Crippen molar-refractivity contribution in [1.82, 2.24) is 14.8 Å². The Balaban J connectivity index is 1.59. The highest BCUT2D eigenvalue weighted by Gasteiger charge is 2.38. The molecule has 0 spiro atoms. The van der Waals surface area contributed by atoms with Crippen molar-refractivity contribution in [1.29, 1.82) is 0 Å². The van der Waals surface area contributed by atoms with Gasteiger partial charge in [0, 0.05) is 37.4 Å². The summed E-state index contributed by atoms with van der Waals surface area (Å²) in [6.45, 7) is 5.51. The van der Waals surface area contributed by atoms with Crippen LogP contribution < -0.4 is 0 Å². The van der Waals surface area contributed by atoms with Crippen molar-refractivity contribution in [3.8, 4) is 0 Å². The van der Waals surface area contributed by atoms with Gasteiger partial charge in [-0.05, 0) is 62.9 Å². The zero-order valence-electron chi connectivity index (χ0n) is 13.6. The molecule has 0 saturated carbocycles. The Morgan fingerprint density at radius 2 is 1.91 bits per heavy atom. The van der Waals surface area contributed by atoms with E-state index in [2.05, 4.69) is 21.7 Å². The Hall–Kier alpha value is -1.42. The van der Waals surface area contributed by atoms with E-state index >= 15 is 0 Å². The van der Waals surface area contributed by atoms with E-state index in [1.165, 1.54) is 37.8 Å². The van der Waals surface area contributed by atoms with Crippen LogP contribution in [-0.4, -0.2) is 52.4 Å². The first kappa shape index (κ1) is 15.5. The van der Waals surface area contributed by atoms with Gasteiger partial charge in [0.25, 0.3) is 0 Å². The molecule has 2 atom stereocenters. The van der Waals surface area contributed by atoms with E-state index in [1.54, 1.807) is 12.4 Å². The molecule has 4 nitrogen and oxygen atoms in total. The normalized spacial score (nSPS) is 25.8. The van der Waals surface area contributed by atoms with Gasteiger partial charge >= 0.3 is 0 Å². The maximum Gasteiger partial charge on any atom is 0.223 e. The minimum absolute atomic E-state index is 0.335. The Morgan fingerprint density at radius 3 is 2.68 bits per heavy atom. The lowest BCUT2D eigenvalue weighted by Crippen LogP contribution is -2.48. The van der Waals surface area contributed by atoms with Crippen LogP contribution in [0.25, 0.3) is 0 Å². The highest BCUT2D eigenvalue weighted by atomic mass is 16.2.